The summed E-state index contributed by atoms with van der Waals surface area (Å²) in [6.45, 7) is 7.25. The van der Waals surface area contributed by atoms with Crippen molar-refractivity contribution in [2.24, 2.45) is 13.0 Å². The number of rotatable bonds is 6. The van der Waals surface area contributed by atoms with Crippen LogP contribution in [0.2, 0.25) is 0 Å². The standard InChI is InChI=1S/C14H22N4/c1-12(2)9-15-10-14-5-4-7-18(14)11-13-6-8-17(3)16-13/h4-8,12,15H,9-11H2,1-3H3. The average molecular weight is 246 g/mol. The molecule has 18 heavy (non-hydrogen) atoms. The Labute approximate surface area is 109 Å². The molecule has 0 unspecified atom stereocenters. The van der Waals surface area contributed by atoms with Crippen molar-refractivity contribution in [1.29, 1.82) is 0 Å². The topological polar surface area (TPSA) is 34.8 Å². The Bertz CT molecular complexity index is 481. The molecule has 0 aliphatic carbocycles. The van der Waals surface area contributed by atoms with Gasteiger partial charge in [0.25, 0.3) is 0 Å². The molecular formula is C14H22N4. The zero-order chi connectivity index (χ0) is 13.0. The van der Waals surface area contributed by atoms with E-state index in [1.165, 1.54) is 5.69 Å². The second-order valence-electron chi connectivity index (χ2n) is 5.13. The molecule has 0 amide bonds. The van der Waals surface area contributed by atoms with Crippen LogP contribution in [0.5, 0.6) is 0 Å². The van der Waals surface area contributed by atoms with Crippen molar-refractivity contribution >= 4 is 0 Å². The van der Waals surface area contributed by atoms with Crippen molar-refractivity contribution in [3.05, 3.63) is 42.0 Å². The van der Waals surface area contributed by atoms with Gasteiger partial charge in [0.05, 0.1) is 12.2 Å². The van der Waals surface area contributed by atoms with Crippen LogP contribution in [0.4, 0.5) is 0 Å². The first kappa shape index (κ1) is 12.9. The van der Waals surface area contributed by atoms with Gasteiger partial charge in [-0.15, -0.1) is 0 Å². The Morgan fingerprint density at radius 2 is 2.11 bits per heavy atom. The van der Waals surface area contributed by atoms with E-state index in [1.807, 2.05) is 17.9 Å². The molecule has 2 aromatic rings. The molecule has 0 fully saturated rings. The minimum atomic E-state index is 0.684. The van der Waals surface area contributed by atoms with E-state index < -0.39 is 0 Å². The second-order valence-corrected chi connectivity index (χ2v) is 5.13. The molecule has 0 spiro atoms. The van der Waals surface area contributed by atoms with Crippen molar-refractivity contribution in [2.75, 3.05) is 6.54 Å². The van der Waals surface area contributed by atoms with E-state index in [1.54, 1.807) is 0 Å². The molecule has 0 saturated heterocycles. The molecule has 0 aromatic carbocycles. The summed E-state index contributed by atoms with van der Waals surface area (Å²) >= 11 is 0. The summed E-state index contributed by atoms with van der Waals surface area (Å²) in [6, 6.07) is 6.32. The summed E-state index contributed by atoms with van der Waals surface area (Å²) in [5.74, 6) is 0.684. The first-order chi connectivity index (χ1) is 8.65. The predicted molar refractivity (Wildman–Crippen MR) is 73.3 cm³/mol. The lowest BCUT2D eigenvalue weighted by Gasteiger charge is -2.10. The van der Waals surface area contributed by atoms with Crippen molar-refractivity contribution < 1.29 is 0 Å². The Hall–Kier alpha value is -1.55. The highest BCUT2D eigenvalue weighted by molar-refractivity contribution is 5.10. The Morgan fingerprint density at radius 3 is 2.78 bits per heavy atom. The number of hydrogen-bond acceptors (Lipinski definition) is 2. The van der Waals surface area contributed by atoms with E-state index >= 15 is 0 Å². The highest BCUT2D eigenvalue weighted by Crippen LogP contribution is 2.06. The molecule has 2 aromatic heterocycles. The van der Waals surface area contributed by atoms with Gasteiger partial charge >= 0.3 is 0 Å². The maximum Gasteiger partial charge on any atom is 0.0821 e. The molecule has 0 bridgehead atoms. The number of hydrogen-bond donors (Lipinski definition) is 1. The SMILES string of the molecule is CC(C)CNCc1cccn1Cc1ccn(C)n1. The van der Waals surface area contributed by atoms with Crippen molar-refractivity contribution in [3.63, 3.8) is 0 Å². The van der Waals surface area contributed by atoms with E-state index in [0.717, 1.165) is 25.3 Å². The fourth-order valence-electron chi connectivity index (χ4n) is 1.98. The third-order valence-electron chi connectivity index (χ3n) is 2.88. The summed E-state index contributed by atoms with van der Waals surface area (Å²) in [5, 5.41) is 7.88. The maximum absolute atomic E-state index is 4.41. The number of aryl methyl sites for hydroxylation is 1. The van der Waals surface area contributed by atoms with Crippen LogP contribution in [0.1, 0.15) is 25.2 Å². The van der Waals surface area contributed by atoms with Gasteiger partial charge in [0.1, 0.15) is 0 Å². The first-order valence-corrected chi connectivity index (χ1v) is 6.48. The molecule has 0 radical (unpaired) electrons. The van der Waals surface area contributed by atoms with Gasteiger partial charge in [-0.05, 0) is 30.7 Å². The molecule has 98 valence electrons. The van der Waals surface area contributed by atoms with Gasteiger partial charge < -0.3 is 9.88 Å². The minimum absolute atomic E-state index is 0.684. The predicted octanol–water partition coefficient (Wildman–Crippen LogP) is 2.02. The molecule has 0 saturated carbocycles. The number of aromatic nitrogens is 3. The van der Waals surface area contributed by atoms with Crippen LogP contribution in [-0.2, 0) is 20.1 Å². The number of nitrogens with zero attached hydrogens (tertiary/aromatic N) is 3. The van der Waals surface area contributed by atoms with E-state index in [2.05, 4.69) is 53.2 Å². The lowest BCUT2D eigenvalue weighted by molar-refractivity contribution is 0.538. The van der Waals surface area contributed by atoms with E-state index in [4.69, 9.17) is 0 Å². The third-order valence-corrected chi connectivity index (χ3v) is 2.88. The van der Waals surface area contributed by atoms with E-state index in [-0.39, 0.29) is 0 Å². The lowest BCUT2D eigenvalue weighted by atomic mass is 10.2. The van der Waals surface area contributed by atoms with Crippen LogP contribution in [0.15, 0.2) is 30.6 Å². The molecule has 0 atom stereocenters. The summed E-state index contributed by atoms with van der Waals surface area (Å²) in [7, 11) is 1.95. The first-order valence-electron chi connectivity index (χ1n) is 6.48. The normalized spacial score (nSPS) is 11.3. The van der Waals surface area contributed by atoms with Crippen LogP contribution >= 0.6 is 0 Å². The van der Waals surface area contributed by atoms with Gasteiger partial charge in [-0.3, -0.25) is 4.68 Å². The van der Waals surface area contributed by atoms with Gasteiger partial charge in [0.2, 0.25) is 0 Å². The molecular weight excluding hydrogens is 224 g/mol. The fourth-order valence-corrected chi connectivity index (χ4v) is 1.98. The van der Waals surface area contributed by atoms with E-state index in [0.29, 0.717) is 5.92 Å². The fraction of sp³-hybridized carbons (Fsp3) is 0.500. The van der Waals surface area contributed by atoms with Gasteiger partial charge in [0.15, 0.2) is 0 Å². The summed E-state index contributed by atoms with van der Waals surface area (Å²) < 4.78 is 4.09. The lowest BCUT2D eigenvalue weighted by Crippen LogP contribution is -2.21. The quantitative estimate of drug-likeness (QED) is 0.846. The molecule has 2 rings (SSSR count). The second kappa shape index (κ2) is 5.87. The molecule has 4 heteroatoms. The Balaban J connectivity index is 1.95. The largest absolute Gasteiger partial charge is 0.344 e. The molecule has 0 aliphatic heterocycles. The highest BCUT2D eigenvalue weighted by Gasteiger charge is 2.04. The van der Waals surface area contributed by atoms with Crippen LogP contribution in [-0.4, -0.2) is 20.9 Å². The van der Waals surface area contributed by atoms with Crippen molar-refractivity contribution in [3.8, 4) is 0 Å². The maximum atomic E-state index is 4.41. The minimum Gasteiger partial charge on any atom is -0.344 e. The summed E-state index contributed by atoms with van der Waals surface area (Å²) in [6.07, 6.45) is 4.09. The van der Waals surface area contributed by atoms with Crippen LogP contribution in [0, 0.1) is 5.92 Å². The van der Waals surface area contributed by atoms with Crippen LogP contribution in [0.25, 0.3) is 0 Å². The van der Waals surface area contributed by atoms with Crippen molar-refractivity contribution in [1.82, 2.24) is 19.7 Å². The molecule has 1 N–H and O–H groups in total. The van der Waals surface area contributed by atoms with Crippen LogP contribution < -0.4 is 5.32 Å². The molecule has 4 nitrogen and oxygen atoms in total. The zero-order valence-electron chi connectivity index (χ0n) is 11.4. The van der Waals surface area contributed by atoms with Gasteiger partial charge in [-0.1, -0.05) is 13.8 Å². The summed E-state index contributed by atoms with van der Waals surface area (Å²) in [5.41, 5.74) is 2.40. The Morgan fingerprint density at radius 1 is 1.28 bits per heavy atom. The van der Waals surface area contributed by atoms with Gasteiger partial charge in [-0.2, -0.15) is 5.10 Å². The number of nitrogens with one attached hydrogen (secondary N) is 1. The zero-order valence-corrected chi connectivity index (χ0v) is 11.4. The van der Waals surface area contributed by atoms with Crippen LogP contribution in [0.3, 0.4) is 0 Å². The summed E-state index contributed by atoms with van der Waals surface area (Å²) in [4.78, 5) is 0. The van der Waals surface area contributed by atoms with Gasteiger partial charge in [-0.25, -0.2) is 0 Å². The highest BCUT2D eigenvalue weighted by atomic mass is 15.3. The third kappa shape index (κ3) is 3.47. The average Bonchev–Trinajstić information content (AvgIpc) is 2.89. The molecule has 2 heterocycles. The molecule has 0 aliphatic rings. The van der Waals surface area contributed by atoms with E-state index in [9.17, 15) is 0 Å². The smallest absolute Gasteiger partial charge is 0.0821 e. The van der Waals surface area contributed by atoms with Crippen molar-refractivity contribution in [2.45, 2.75) is 26.9 Å². The Kier molecular flexibility index (Phi) is 4.20. The monoisotopic (exact) mass is 246 g/mol. The van der Waals surface area contributed by atoms with Gasteiger partial charge in [0, 0.05) is 31.7 Å².